The largest absolute Gasteiger partial charge is 0.508 e. The van der Waals surface area contributed by atoms with Crippen molar-refractivity contribution in [1.29, 1.82) is 0 Å². The summed E-state index contributed by atoms with van der Waals surface area (Å²) in [7, 11) is -1.06. The molecule has 0 aliphatic heterocycles. The third kappa shape index (κ3) is 6.60. The average Bonchev–Trinajstić information content (AvgIpc) is 2.88. The van der Waals surface area contributed by atoms with E-state index in [1.54, 1.807) is 12.3 Å². The molecule has 0 aliphatic carbocycles. The summed E-state index contributed by atoms with van der Waals surface area (Å²) in [5, 5.41) is 13.7. The molecule has 0 atom stereocenters. The standard InChI is InChI=1S/C16H26N2O2Si/c1-6-15(19)8-7-14(2)16-9-10-17-18(16)13-20-11-12-21(3,4)5/h6-10,19H,1,11-13H2,2-5H3/b14-7-,15-8-. The molecule has 1 rings (SSSR count). The highest BCUT2D eigenvalue weighted by Crippen LogP contribution is 2.14. The van der Waals surface area contributed by atoms with Crippen molar-refractivity contribution in [2.24, 2.45) is 0 Å². The molecule has 21 heavy (non-hydrogen) atoms. The average molecular weight is 306 g/mol. The summed E-state index contributed by atoms with van der Waals surface area (Å²) in [4.78, 5) is 0. The number of aliphatic hydroxyl groups is 1. The molecule has 1 aromatic heterocycles. The fourth-order valence-electron chi connectivity index (χ4n) is 1.66. The van der Waals surface area contributed by atoms with E-state index in [-0.39, 0.29) is 5.76 Å². The Bertz CT molecular complexity index is 525. The second kappa shape index (κ2) is 8.00. The number of ether oxygens (including phenoxy) is 1. The van der Waals surface area contributed by atoms with Crippen LogP contribution in [0.15, 0.2) is 42.8 Å². The highest BCUT2D eigenvalue weighted by Gasteiger charge is 2.12. The van der Waals surface area contributed by atoms with Gasteiger partial charge in [0.15, 0.2) is 0 Å². The first-order valence-electron chi connectivity index (χ1n) is 7.13. The van der Waals surface area contributed by atoms with Crippen LogP contribution in [0.1, 0.15) is 12.6 Å². The molecule has 0 radical (unpaired) electrons. The van der Waals surface area contributed by atoms with E-state index < -0.39 is 8.07 Å². The van der Waals surface area contributed by atoms with E-state index >= 15 is 0 Å². The Hall–Kier alpha value is -1.59. The molecular formula is C16H26N2O2Si. The molecule has 0 bridgehead atoms. The molecule has 116 valence electrons. The van der Waals surface area contributed by atoms with Crippen LogP contribution in [0.4, 0.5) is 0 Å². The summed E-state index contributed by atoms with van der Waals surface area (Å²) in [6.07, 6.45) is 6.62. The van der Waals surface area contributed by atoms with Gasteiger partial charge in [-0.25, -0.2) is 4.68 Å². The maximum Gasteiger partial charge on any atom is 0.139 e. The fraction of sp³-hybridized carbons (Fsp3) is 0.438. The number of nitrogens with zero attached hydrogens (tertiary/aromatic N) is 2. The van der Waals surface area contributed by atoms with E-state index in [1.165, 1.54) is 6.08 Å². The zero-order valence-electron chi connectivity index (χ0n) is 13.5. The second-order valence-corrected chi connectivity index (χ2v) is 11.8. The van der Waals surface area contributed by atoms with Crippen molar-refractivity contribution in [1.82, 2.24) is 9.78 Å². The van der Waals surface area contributed by atoms with Crippen LogP contribution in [0.2, 0.25) is 25.7 Å². The van der Waals surface area contributed by atoms with Gasteiger partial charge in [-0.15, -0.1) is 0 Å². The van der Waals surface area contributed by atoms with Gasteiger partial charge in [0.2, 0.25) is 0 Å². The molecule has 0 fully saturated rings. The molecule has 0 amide bonds. The smallest absolute Gasteiger partial charge is 0.139 e. The van der Waals surface area contributed by atoms with Gasteiger partial charge in [-0.3, -0.25) is 0 Å². The van der Waals surface area contributed by atoms with Crippen molar-refractivity contribution in [3.63, 3.8) is 0 Å². The van der Waals surface area contributed by atoms with Crippen molar-refractivity contribution in [3.05, 3.63) is 48.5 Å². The lowest BCUT2D eigenvalue weighted by molar-refractivity contribution is 0.0780. The Morgan fingerprint density at radius 3 is 2.76 bits per heavy atom. The molecule has 0 saturated carbocycles. The minimum atomic E-state index is -1.06. The van der Waals surface area contributed by atoms with Gasteiger partial charge in [0.1, 0.15) is 12.5 Å². The van der Waals surface area contributed by atoms with E-state index in [1.807, 2.05) is 23.7 Å². The summed E-state index contributed by atoms with van der Waals surface area (Å²) >= 11 is 0. The number of aromatic nitrogens is 2. The Morgan fingerprint density at radius 1 is 1.43 bits per heavy atom. The SMILES string of the molecule is C=C/C(O)=C/C=C(/C)c1ccnn1COCC[Si](C)(C)C. The highest BCUT2D eigenvalue weighted by atomic mass is 28.3. The molecule has 1 N–H and O–H groups in total. The molecule has 0 unspecified atom stereocenters. The topological polar surface area (TPSA) is 47.3 Å². The van der Waals surface area contributed by atoms with E-state index in [4.69, 9.17) is 4.74 Å². The number of allylic oxidation sites excluding steroid dienone is 4. The van der Waals surface area contributed by atoms with Crippen molar-refractivity contribution >= 4 is 13.6 Å². The lowest BCUT2D eigenvalue weighted by Gasteiger charge is -2.16. The van der Waals surface area contributed by atoms with Crippen molar-refractivity contribution < 1.29 is 9.84 Å². The van der Waals surface area contributed by atoms with Crippen LogP contribution in [-0.4, -0.2) is 29.6 Å². The van der Waals surface area contributed by atoms with Crippen molar-refractivity contribution in [3.8, 4) is 0 Å². The number of rotatable bonds is 8. The Morgan fingerprint density at radius 2 is 2.14 bits per heavy atom. The molecule has 0 spiro atoms. The zero-order valence-corrected chi connectivity index (χ0v) is 14.5. The van der Waals surface area contributed by atoms with E-state index in [2.05, 4.69) is 31.3 Å². The predicted molar refractivity (Wildman–Crippen MR) is 90.9 cm³/mol. The Kier molecular flexibility index (Phi) is 6.65. The lowest BCUT2D eigenvalue weighted by Crippen LogP contribution is -2.22. The summed E-state index contributed by atoms with van der Waals surface area (Å²) < 4.78 is 7.55. The van der Waals surface area contributed by atoms with Crippen LogP contribution >= 0.6 is 0 Å². The Labute approximate surface area is 128 Å². The zero-order chi connectivity index (χ0) is 15.9. The predicted octanol–water partition coefficient (Wildman–Crippen LogP) is 4.23. The Balaban J connectivity index is 2.63. The van der Waals surface area contributed by atoms with Gasteiger partial charge in [0, 0.05) is 20.9 Å². The summed E-state index contributed by atoms with van der Waals surface area (Å²) in [6, 6.07) is 3.08. The third-order valence-electron chi connectivity index (χ3n) is 3.04. The molecule has 0 aliphatic rings. The lowest BCUT2D eigenvalue weighted by atomic mass is 10.2. The van der Waals surface area contributed by atoms with Crippen molar-refractivity contribution in [2.75, 3.05) is 6.61 Å². The summed E-state index contributed by atoms with van der Waals surface area (Å²) in [5.74, 6) is 0.145. The first-order valence-corrected chi connectivity index (χ1v) is 10.8. The minimum absolute atomic E-state index is 0.145. The first-order chi connectivity index (χ1) is 9.83. The monoisotopic (exact) mass is 306 g/mol. The van der Waals surface area contributed by atoms with Gasteiger partial charge in [0.25, 0.3) is 0 Å². The highest BCUT2D eigenvalue weighted by molar-refractivity contribution is 6.76. The van der Waals surface area contributed by atoms with E-state index in [9.17, 15) is 5.11 Å². The van der Waals surface area contributed by atoms with Gasteiger partial charge < -0.3 is 9.84 Å². The minimum Gasteiger partial charge on any atom is -0.508 e. The molecule has 4 nitrogen and oxygen atoms in total. The number of hydrogen-bond acceptors (Lipinski definition) is 3. The van der Waals surface area contributed by atoms with Gasteiger partial charge in [-0.05, 0) is 36.8 Å². The van der Waals surface area contributed by atoms with Crippen LogP contribution in [0, 0.1) is 0 Å². The normalized spacial score (nSPS) is 13.5. The molecule has 1 aromatic rings. The van der Waals surface area contributed by atoms with Crippen LogP contribution in [0.5, 0.6) is 0 Å². The van der Waals surface area contributed by atoms with Gasteiger partial charge >= 0.3 is 0 Å². The molecular weight excluding hydrogens is 280 g/mol. The summed E-state index contributed by atoms with van der Waals surface area (Å²) in [6.45, 7) is 13.7. The molecule has 0 aromatic carbocycles. The number of aliphatic hydroxyl groups excluding tert-OH is 1. The maximum absolute atomic E-state index is 9.38. The number of hydrogen-bond donors (Lipinski definition) is 1. The van der Waals surface area contributed by atoms with Crippen LogP contribution in [0.25, 0.3) is 5.57 Å². The fourth-order valence-corrected chi connectivity index (χ4v) is 2.42. The first kappa shape index (κ1) is 17.5. The molecule has 0 saturated heterocycles. The van der Waals surface area contributed by atoms with Crippen LogP contribution < -0.4 is 0 Å². The van der Waals surface area contributed by atoms with Crippen LogP contribution in [-0.2, 0) is 11.5 Å². The molecule has 5 heteroatoms. The molecule has 1 heterocycles. The quantitative estimate of drug-likeness (QED) is 0.338. The van der Waals surface area contributed by atoms with E-state index in [0.29, 0.717) is 6.73 Å². The van der Waals surface area contributed by atoms with Gasteiger partial charge in [-0.1, -0.05) is 32.3 Å². The summed E-state index contributed by atoms with van der Waals surface area (Å²) in [5.41, 5.74) is 1.99. The van der Waals surface area contributed by atoms with Gasteiger partial charge in [-0.2, -0.15) is 5.10 Å². The van der Waals surface area contributed by atoms with E-state index in [0.717, 1.165) is 23.9 Å². The van der Waals surface area contributed by atoms with Gasteiger partial charge in [0.05, 0.1) is 5.69 Å². The van der Waals surface area contributed by atoms with Crippen LogP contribution in [0.3, 0.4) is 0 Å². The van der Waals surface area contributed by atoms with Crippen molar-refractivity contribution in [2.45, 2.75) is 39.3 Å². The maximum atomic E-state index is 9.38. The third-order valence-corrected chi connectivity index (χ3v) is 4.75. The second-order valence-electron chi connectivity index (χ2n) is 6.21.